The fourth-order valence-electron chi connectivity index (χ4n) is 1.70. The summed E-state index contributed by atoms with van der Waals surface area (Å²) in [5, 5.41) is 13.5. The average molecular weight is 271 g/mol. The van der Waals surface area contributed by atoms with Crippen LogP contribution in [0.25, 0.3) is 0 Å². The Morgan fingerprint density at radius 1 is 1.25 bits per heavy atom. The Morgan fingerprint density at radius 2 is 2.00 bits per heavy atom. The number of nitro groups is 1. The highest BCUT2D eigenvalue weighted by Gasteiger charge is 2.16. The number of rotatable bonds is 3. The molecule has 6 heteroatoms. The minimum absolute atomic E-state index is 0.126. The highest BCUT2D eigenvalue weighted by molar-refractivity contribution is 6.05. The maximum Gasteiger partial charge on any atom is 0.293 e. The minimum atomic E-state index is -0.518. The smallest absolute Gasteiger partial charge is 0.293 e. The van der Waals surface area contributed by atoms with E-state index in [0.717, 1.165) is 11.3 Å². The third-order valence-corrected chi connectivity index (χ3v) is 2.77. The van der Waals surface area contributed by atoms with Crippen LogP contribution >= 0.6 is 0 Å². The van der Waals surface area contributed by atoms with Crippen LogP contribution in [0.15, 0.2) is 36.5 Å². The standard InChI is InChI=1S/C14H13N3O3/c1-9-3-6-12(13(7-9)17(19)20)16-14(18)11-5-4-10(2)15-8-11/h3-8H,1-2H3,(H,16,18). The van der Waals surface area contributed by atoms with Gasteiger partial charge in [-0.25, -0.2) is 0 Å². The molecule has 0 saturated heterocycles. The van der Waals surface area contributed by atoms with E-state index in [1.165, 1.54) is 18.3 Å². The van der Waals surface area contributed by atoms with Crippen molar-refractivity contribution in [3.8, 4) is 0 Å². The van der Waals surface area contributed by atoms with Crippen LogP contribution in [-0.4, -0.2) is 15.8 Å². The number of hydrogen-bond donors (Lipinski definition) is 1. The number of amides is 1. The van der Waals surface area contributed by atoms with Crippen LogP contribution in [0.4, 0.5) is 11.4 Å². The van der Waals surface area contributed by atoms with E-state index < -0.39 is 10.8 Å². The van der Waals surface area contributed by atoms with Crippen LogP contribution in [-0.2, 0) is 0 Å². The molecule has 1 aromatic carbocycles. The Hall–Kier alpha value is -2.76. The van der Waals surface area contributed by atoms with Crippen molar-refractivity contribution in [1.82, 2.24) is 4.98 Å². The van der Waals surface area contributed by atoms with Crippen LogP contribution in [0.3, 0.4) is 0 Å². The SMILES string of the molecule is Cc1ccc(NC(=O)c2ccc(C)nc2)c([N+](=O)[O-])c1. The van der Waals surface area contributed by atoms with Crippen molar-refractivity contribution in [2.24, 2.45) is 0 Å². The predicted molar refractivity (Wildman–Crippen MR) is 74.8 cm³/mol. The highest BCUT2D eigenvalue weighted by atomic mass is 16.6. The van der Waals surface area contributed by atoms with Gasteiger partial charge in [-0.1, -0.05) is 6.07 Å². The van der Waals surface area contributed by atoms with E-state index in [1.54, 1.807) is 25.1 Å². The number of benzene rings is 1. The first-order valence-corrected chi connectivity index (χ1v) is 5.96. The van der Waals surface area contributed by atoms with Gasteiger partial charge in [0.25, 0.3) is 11.6 Å². The molecule has 0 aliphatic carbocycles. The second-order valence-corrected chi connectivity index (χ2v) is 4.42. The van der Waals surface area contributed by atoms with Crippen molar-refractivity contribution in [2.45, 2.75) is 13.8 Å². The molecule has 0 bridgehead atoms. The molecular formula is C14H13N3O3. The minimum Gasteiger partial charge on any atom is -0.316 e. The number of aryl methyl sites for hydroxylation is 2. The maximum atomic E-state index is 12.0. The summed E-state index contributed by atoms with van der Waals surface area (Å²) < 4.78 is 0. The van der Waals surface area contributed by atoms with Crippen molar-refractivity contribution in [2.75, 3.05) is 5.32 Å². The van der Waals surface area contributed by atoms with Crippen molar-refractivity contribution in [1.29, 1.82) is 0 Å². The number of pyridine rings is 1. The molecule has 2 aromatic rings. The zero-order valence-corrected chi connectivity index (χ0v) is 11.1. The summed E-state index contributed by atoms with van der Waals surface area (Å²) in [6.07, 6.45) is 1.44. The largest absolute Gasteiger partial charge is 0.316 e. The fraction of sp³-hybridized carbons (Fsp3) is 0.143. The van der Waals surface area contributed by atoms with Gasteiger partial charge in [-0.3, -0.25) is 19.9 Å². The zero-order valence-electron chi connectivity index (χ0n) is 11.1. The molecule has 1 amide bonds. The molecule has 0 radical (unpaired) electrons. The number of carbonyl (C=O) groups is 1. The van der Waals surface area contributed by atoms with Gasteiger partial charge in [-0.15, -0.1) is 0 Å². The summed E-state index contributed by atoms with van der Waals surface area (Å²) >= 11 is 0. The van der Waals surface area contributed by atoms with E-state index >= 15 is 0 Å². The van der Waals surface area contributed by atoms with Crippen LogP contribution in [0.5, 0.6) is 0 Å². The lowest BCUT2D eigenvalue weighted by molar-refractivity contribution is -0.384. The number of nitro benzene ring substituents is 1. The van der Waals surface area contributed by atoms with E-state index in [1.807, 2.05) is 6.92 Å². The van der Waals surface area contributed by atoms with Gasteiger partial charge in [0, 0.05) is 18.0 Å². The molecule has 0 aliphatic heterocycles. The molecule has 0 aliphatic rings. The van der Waals surface area contributed by atoms with E-state index in [2.05, 4.69) is 10.3 Å². The number of nitrogens with zero attached hydrogens (tertiary/aromatic N) is 2. The van der Waals surface area contributed by atoms with Gasteiger partial charge in [-0.2, -0.15) is 0 Å². The number of nitrogens with one attached hydrogen (secondary N) is 1. The average Bonchev–Trinajstić information content (AvgIpc) is 2.41. The van der Waals surface area contributed by atoms with Gasteiger partial charge in [0.05, 0.1) is 10.5 Å². The van der Waals surface area contributed by atoms with Crippen molar-refractivity contribution in [3.05, 3.63) is 63.5 Å². The van der Waals surface area contributed by atoms with E-state index in [4.69, 9.17) is 0 Å². The summed E-state index contributed by atoms with van der Waals surface area (Å²) in [5.74, 6) is -0.426. The van der Waals surface area contributed by atoms with Crippen molar-refractivity contribution < 1.29 is 9.72 Å². The molecule has 0 saturated carbocycles. The number of anilines is 1. The maximum absolute atomic E-state index is 12.0. The normalized spacial score (nSPS) is 10.1. The van der Waals surface area contributed by atoms with E-state index in [-0.39, 0.29) is 11.4 Å². The Bertz CT molecular complexity index is 666. The molecular weight excluding hydrogens is 258 g/mol. The summed E-state index contributed by atoms with van der Waals surface area (Å²) in [4.78, 5) is 26.5. The third-order valence-electron chi connectivity index (χ3n) is 2.77. The molecule has 102 valence electrons. The summed E-state index contributed by atoms with van der Waals surface area (Å²) in [6.45, 7) is 3.56. The second kappa shape index (κ2) is 5.48. The number of aromatic nitrogens is 1. The molecule has 20 heavy (non-hydrogen) atoms. The zero-order chi connectivity index (χ0) is 14.7. The summed E-state index contributed by atoms with van der Waals surface area (Å²) in [5.41, 5.74) is 1.95. The second-order valence-electron chi connectivity index (χ2n) is 4.42. The molecule has 0 fully saturated rings. The van der Waals surface area contributed by atoms with Crippen LogP contribution in [0.1, 0.15) is 21.6 Å². The van der Waals surface area contributed by atoms with Gasteiger partial charge in [0.1, 0.15) is 5.69 Å². The molecule has 0 spiro atoms. The Balaban J connectivity index is 2.28. The van der Waals surface area contributed by atoms with E-state index in [0.29, 0.717) is 5.56 Å². The van der Waals surface area contributed by atoms with Crippen LogP contribution < -0.4 is 5.32 Å². The quantitative estimate of drug-likeness (QED) is 0.687. The monoisotopic (exact) mass is 271 g/mol. The summed E-state index contributed by atoms with van der Waals surface area (Å²) in [7, 11) is 0. The fourth-order valence-corrected chi connectivity index (χ4v) is 1.70. The highest BCUT2D eigenvalue weighted by Crippen LogP contribution is 2.25. The lowest BCUT2D eigenvalue weighted by Gasteiger charge is -2.06. The Labute approximate surface area is 115 Å². The van der Waals surface area contributed by atoms with E-state index in [9.17, 15) is 14.9 Å². The third kappa shape index (κ3) is 2.97. The molecule has 0 unspecified atom stereocenters. The molecule has 0 atom stereocenters. The van der Waals surface area contributed by atoms with Gasteiger partial charge in [0.2, 0.25) is 0 Å². The van der Waals surface area contributed by atoms with Gasteiger partial charge in [-0.05, 0) is 37.6 Å². The van der Waals surface area contributed by atoms with Crippen molar-refractivity contribution in [3.63, 3.8) is 0 Å². The first kappa shape index (κ1) is 13.7. The molecule has 6 nitrogen and oxygen atoms in total. The molecule has 2 rings (SSSR count). The van der Waals surface area contributed by atoms with Gasteiger partial charge in [0.15, 0.2) is 0 Å². The molecule has 1 aromatic heterocycles. The molecule has 1 heterocycles. The van der Waals surface area contributed by atoms with Gasteiger partial charge >= 0.3 is 0 Å². The topological polar surface area (TPSA) is 85.1 Å². The molecule has 1 N–H and O–H groups in total. The lowest BCUT2D eigenvalue weighted by Crippen LogP contribution is -2.13. The number of hydrogen-bond acceptors (Lipinski definition) is 4. The number of carbonyl (C=O) groups excluding carboxylic acids is 1. The summed E-state index contributed by atoms with van der Waals surface area (Å²) in [6, 6.07) is 7.97. The Morgan fingerprint density at radius 3 is 2.60 bits per heavy atom. The van der Waals surface area contributed by atoms with Crippen LogP contribution in [0.2, 0.25) is 0 Å². The lowest BCUT2D eigenvalue weighted by atomic mass is 10.2. The first-order valence-electron chi connectivity index (χ1n) is 5.96. The van der Waals surface area contributed by atoms with Gasteiger partial charge < -0.3 is 5.32 Å². The Kier molecular flexibility index (Phi) is 3.74. The first-order chi connectivity index (χ1) is 9.47. The van der Waals surface area contributed by atoms with Crippen LogP contribution in [0, 0.1) is 24.0 Å². The van der Waals surface area contributed by atoms with Crippen molar-refractivity contribution >= 4 is 17.3 Å². The predicted octanol–water partition coefficient (Wildman–Crippen LogP) is 2.86.